The monoisotopic (exact) mass is 447 g/mol. The molecule has 0 saturated heterocycles. The number of hydrogen-bond acceptors (Lipinski definition) is 2. The van der Waals surface area contributed by atoms with Gasteiger partial charge in [0.2, 0.25) is 0 Å². The molecule has 2 nitrogen and oxygen atoms in total. The zero-order chi connectivity index (χ0) is 23.1. The summed E-state index contributed by atoms with van der Waals surface area (Å²) in [4.78, 5) is 2.26. The number of hydrogen-bond donors (Lipinski definition) is 0. The van der Waals surface area contributed by atoms with E-state index in [4.69, 9.17) is 4.74 Å². The minimum atomic E-state index is 0.0309. The number of benzene rings is 3. The zero-order valence-corrected chi connectivity index (χ0v) is 21.5. The average Bonchev–Trinajstić information content (AvgIpc) is 2.75. The van der Waals surface area contributed by atoms with E-state index >= 15 is 0 Å². The van der Waals surface area contributed by atoms with Crippen molar-refractivity contribution >= 4 is 13.9 Å². The van der Waals surface area contributed by atoms with Gasteiger partial charge in [-0.15, -0.1) is 0 Å². The van der Waals surface area contributed by atoms with Crippen molar-refractivity contribution in [1.29, 1.82) is 0 Å². The third kappa shape index (κ3) is 6.44. The second-order valence-electron chi connectivity index (χ2n) is 9.38. The van der Waals surface area contributed by atoms with Crippen molar-refractivity contribution in [3.63, 3.8) is 0 Å². The summed E-state index contributed by atoms with van der Waals surface area (Å²) in [6.45, 7) is 10.7. The molecule has 3 rings (SSSR count). The molecule has 3 aromatic rings. The fraction of sp³-hybridized carbons (Fsp3) is 0.379. The zero-order valence-electron chi connectivity index (χ0n) is 20.5. The van der Waals surface area contributed by atoms with E-state index in [0.717, 1.165) is 25.1 Å². The summed E-state index contributed by atoms with van der Waals surface area (Å²) in [6.07, 6.45) is 2.27. The normalized spacial score (nSPS) is 13.6. The van der Waals surface area contributed by atoms with Crippen LogP contribution in [0.5, 0.6) is 5.75 Å². The van der Waals surface area contributed by atoms with E-state index in [0.29, 0.717) is 15.2 Å². The molecule has 0 aliphatic heterocycles. The number of ether oxygens (including phenoxy) is 1. The molecule has 3 aromatic carbocycles. The Kier molecular flexibility index (Phi) is 8.51. The third-order valence-corrected chi connectivity index (χ3v) is 7.70. The van der Waals surface area contributed by atoms with Crippen molar-refractivity contribution in [3.05, 3.63) is 94.5 Å². The van der Waals surface area contributed by atoms with E-state index in [-0.39, 0.29) is 5.16 Å². The van der Waals surface area contributed by atoms with Crippen molar-refractivity contribution in [3.8, 4) is 5.75 Å². The van der Waals surface area contributed by atoms with Crippen LogP contribution in [0.25, 0.3) is 0 Å². The first-order valence-corrected chi connectivity index (χ1v) is 12.6. The minimum Gasteiger partial charge on any atom is -0.489 e. The molecule has 0 aliphatic carbocycles. The van der Waals surface area contributed by atoms with Crippen molar-refractivity contribution in [2.24, 2.45) is 0 Å². The van der Waals surface area contributed by atoms with Gasteiger partial charge >= 0.3 is 0 Å². The van der Waals surface area contributed by atoms with Gasteiger partial charge in [-0.2, -0.15) is 0 Å². The number of nitrogens with zero attached hydrogens (tertiary/aromatic N) is 1. The van der Waals surface area contributed by atoms with Crippen LogP contribution in [0.1, 0.15) is 54.5 Å². The Bertz CT molecular complexity index is 1010. The molecule has 0 aromatic heterocycles. The maximum atomic E-state index is 6.42. The summed E-state index contributed by atoms with van der Waals surface area (Å²) in [7, 11) is 4.98. The van der Waals surface area contributed by atoms with Gasteiger partial charge in [-0.1, -0.05) is 101 Å². The summed E-state index contributed by atoms with van der Waals surface area (Å²) in [5, 5.41) is 1.50. The van der Waals surface area contributed by atoms with Crippen LogP contribution in [-0.4, -0.2) is 19.0 Å². The van der Waals surface area contributed by atoms with Crippen LogP contribution in [-0.2, 0) is 18.3 Å². The van der Waals surface area contributed by atoms with Crippen LogP contribution < -0.4 is 10.0 Å². The quantitative estimate of drug-likeness (QED) is 0.311. The highest BCUT2D eigenvalue weighted by Crippen LogP contribution is 2.49. The van der Waals surface area contributed by atoms with Crippen LogP contribution in [0.2, 0.25) is 0 Å². The van der Waals surface area contributed by atoms with Crippen LogP contribution in [0.4, 0.5) is 0 Å². The Morgan fingerprint density at radius 3 is 2.28 bits per heavy atom. The van der Waals surface area contributed by atoms with Gasteiger partial charge < -0.3 is 9.64 Å². The van der Waals surface area contributed by atoms with Crippen LogP contribution >= 0.6 is 8.58 Å². The lowest BCUT2D eigenvalue weighted by atomic mass is 9.93. The van der Waals surface area contributed by atoms with Crippen LogP contribution in [0.15, 0.2) is 66.7 Å². The lowest BCUT2D eigenvalue weighted by Crippen LogP contribution is -2.24. The fourth-order valence-corrected chi connectivity index (χ4v) is 6.09. The molecule has 32 heavy (non-hydrogen) atoms. The van der Waals surface area contributed by atoms with Crippen molar-refractivity contribution in [1.82, 2.24) is 4.90 Å². The molecule has 0 heterocycles. The van der Waals surface area contributed by atoms with E-state index in [9.17, 15) is 0 Å². The van der Waals surface area contributed by atoms with Gasteiger partial charge in [0.05, 0.1) is 0 Å². The van der Waals surface area contributed by atoms with E-state index < -0.39 is 0 Å². The molecular formula is C29H38NOP. The highest BCUT2D eigenvalue weighted by atomic mass is 31.1. The largest absolute Gasteiger partial charge is 0.489 e. The predicted molar refractivity (Wildman–Crippen MR) is 141 cm³/mol. The van der Waals surface area contributed by atoms with Crippen molar-refractivity contribution in [2.45, 2.75) is 58.8 Å². The summed E-state index contributed by atoms with van der Waals surface area (Å²) < 4.78 is 6.42. The molecule has 3 heteroatoms. The second-order valence-corrected chi connectivity index (χ2v) is 11.3. The Morgan fingerprint density at radius 2 is 1.59 bits per heavy atom. The first-order valence-electron chi connectivity index (χ1n) is 11.6. The Labute approximate surface area is 196 Å². The Morgan fingerprint density at radius 1 is 0.906 bits per heavy atom. The van der Waals surface area contributed by atoms with E-state index in [1.165, 1.54) is 33.1 Å². The Hall–Kier alpha value is -2.15. The smallest absolute Gasteiger partial charge is 0.123 e. The molecular weight excluding hydrogens is 409 g/mol. The van der Waals surface area contributed by atoms with Gasteiger partial charge in [-0.25, -0.2) is 0 Å². The highest BCUT2D eigenvalue weighted by Gasteiger charge is 2.30. The number of aryl methyl sites for hydroxylation is 2. The van der Waals surface area contributed by atoms with Gasteiger partial charge in [-0.05, 0) is 56.9 Å². The van der Waals surface area contributed by atoms with Gasteiger partial charge in [0.25, 0.3) is 0 Å². The molecule has 170 valence electrons. The molecule has 0 spiro atoms. The maximum absolute atomic E-state index is 6.42. The van der Waals surface area contributed by atoms with Crippen molar-refractivity contribution < 1.29 is 4.74 Å². The molecule has 2 unspecified atom stereocenters. The van der Waals surface area contributed by atoms with Crippen LogP contribution in [0, 0.1) is 13.8 Å². The van der Waals surface area contributed by atoms with E-state index in [2.05, 4.69) is 107 Å². The lowest BCUT2D eigenvalue weighted by Gasteiger charge is -2.33. The summed E-state index contributed by atoms with van der Waals surface area (Å²) in [5.74, 6) is 1.02. The first kappa shape index (κ1) is 24.5. The van der Waals surface area contributed by atoms with Crippen molar-refractivity contribution in [2.75, 3.05) is 14.1 Å². The van der Waals surface area contributed by atoms with Gasteiger partial charge in [0.1, 0.15) is 12.4 Å². The van der Waals surface area contributed by atoms with E-state index in [1.807, 2.05) is 6.07 Å². The summed E-state index contributed by atoms with van der Waals surface area (Å²) in [5.41, 5.74) is 6.59. The fourth-order valence-electron chi connectivity index (χ4n) is 4.31. The Balaban J connectivity index is 1.97. The van der Waals surface area contributed by atoms with Crippen LogP contribution in [0.3, 0.4) is 0 Å². The molecule has 2 atom stereocenters. The molecule has 0 fully saturated rings. The molecule has 0 N–H and O–H groups in total. The lowest BCUT2D eigenvalue weighted by molar-refractivity contribution is 0.299. The maximum Gasteiger partial charge on any atom is 0.123 e. The summed E-state index contributed by atoms with van der Waals surface area (Å²) in [6, 6.07) is 24.1. The third-order valence-electron chi connectivity index (χ3n) is 5.87. The average molecular weight is 448 g/mol. The second kappa shape index (κ2) is 11.1. The topological polar surface area (TPSA) is 12.5 Å². The molecule has 0 bridgehead atoms. The SMILES string of the molecule is CCCC(C)(Pc1ccc(C)cc1CN(C)C)c1cc(C)ccc1OCc1ccccc1. The summed E-state index contributed by atoms with van der Waals surface area (Å²) >= 11 is 0. The van der Waals surface area contributed by atoms with Gasteiger partial charge in [-0.3, -0.25) is 0 Å². The molecule has 0 radical (unpaired) electrons. The van der Waals surface area contributed by atoms with Gasteiger partial charge in [0.15, 0.2) is 0 Å². The molecule has 0 aliphatic rings. The molecule has 0 saturated carbocycles. The predicted octanol–water partition coefficient (Wildman–Crippen LogP) is 6.96. The first-order chi connectivity index (χ1) is 15.3. The highest BCUT2D eigenvalue weighted by molar-refractivity contribution is 7.48. The number of rotatable bonds is 10. The van der Waals surface area contributed by atoms with E-state index in [1.54, 1.807) is 0 Å². The standard InChI is InChI=1S/C29H38NOP/c1-7-17-29(4,32-28-16-14-22(2)18-25(28)20-30(5)6)26-19-23(3)13-15-27(26)31-21-24-11-9-8-10-12-24/h8-16,18-19,32H,7,17,20-21H2,1-6H3. The minimum absolute atomic E-state index is 0.0309. The van der Waals surface area contributed by atoms with Gasteiger partial charge in [0, 0.05) is 17.3 Å². The molecule has 0 amide bonds.